The van der Waals surface area contributed by atoms with Gasteiger partial charge in [0.2, 0.25) is 5.60 Å². The maximum atomic E-state index is 13.8. The zero-order chi connectivity index (χ0) is 18.6. The average molecular weight is 481 g/mol. The highest BCUT2D eigenvalue weighted by Crippen LogP contribution is 2.43. The van der Waals surface area contributed by atoms with Gasteiger partial charge in [-0.1, -0.05) is 15.9 Å². The van der Waals surface area contributed by atoms with Crippen molar-refractivity contribution in [3.8, 4) is 0 Å². The predicted octanol–water partition coefficient (Wildman–Crippen LogP) is 4.75. The van der Waals surface area contributed by atoms with Gasteiger partial charge in [0.05, 0.1) is 15.7 Å². The summed E-state index contributed by atoms with van der Waals surface area (Å²) in [6.07, 6.45) is -5.14. The Bertz CT molecular complexity index is 1030. The topological polar surface area (TPSA) is 66.2 Å². The van der Waals surface area contributed by atoms with Crippen molar-refractivity contribution in [1.82, 2.24) is 4.98 Å². The van der Waals surface area contributed by atoms with E-state index in [9.17, 15) is 23.1 Å². The van der Waals surface area contributed by atoms with Crippen LogP contribution in [0, 0.1) is 6.92 Å². The lowest BCUT2D eigenvalue weighted by Crippen LogP contribution is -2.46. The molecule has 2 heterocycles. The Hall–Kier alpha value is -1.58. The van der Waals surface area contributed by atoms with Crippen LogP contribution in [0.25, 0.3) is 11.0 Å². The minimum Gasteiger partial charge on any atom is -0.421 e. The van der Waals surface area contributed by atoms with Crippen LogP contribution in [0.15, 0.2) is 48.5 Å². The highest BCUT2D eigenvalue weighted by atomic mass is 79.9. The standard InChI is InChI=1S/C16H10Br2F3NO3/c1-7-2-3-12(22-7)15(24,16(19,20)21)10-5-8-4-9(17)6-11(18)13(8)25-14(10)23/h2-6,22,24H,1H3. The predicted molar refractivity (Wildman–Crippen MR) is 92.5 cm³/mol. The van der Waals surface area contributed by atoms with Crippen molar-refractivity contribution in [1.29, 1.82) is 0 Å². The number of hydrogen-bond acceptors (Lipinski definition) is 3. The number of alkyl halides is 3. The Morgan fingerprint density at radius 3 is 2.40 bits per heavy atom. The molecular weight excluding hydrogens is 471 g/mol. The quantitative estimate of drug-likeness (QED) is 0.520. The monoisotopic (exact) mass is 479 g/mol. The van der Waals surface area contributed by atoms with Crippen LogP contribution in [0.3, 0.4) is 0 Å². The third-order valence-corrected chi connectivity index (χ3v) is 4.82. The first-order valence-electron chi connectivity index (χ1n) is 6.92. The second-order valence-electron chi connectivity index (χ2n) is 5.52. The van der Waals surface area contributed by atoms with Crippen LogP contribution >= 0.6 is 31.9 Å². The highest BCUT2D eigenvalue weighted by molar-refractivity contribution is 9.11. The average Bonchev–Trinajstić information content (AvgIpc) is 2.92. The molecule has 3 aromatic rings. The van der Waals surface area contributed by atoms with Gasteiger partial charge in [0.25, 0.3) is 0 Å². The molecule has 0 radical (unpaired) electrons. The first-order chi connectivity index (χ1) is 11.5. The molecule has 1 unspecified atom stereocenters. The van der Waals surface area contributed by atoms with Crippen LogP contribution in [0.4, 0.5) is 13.2 Å². The SMILES string of the molecule is Cc1ccc(C(O)(c2cc3cc(Br)cc(Br)c3oc2=O)C(F)(F)F)[nH]1. The third-order valence-electron chi connectivity index (χ3n) is 3.77. The van der Waals surface area contributed by atoms with Gasteiger partial charge in [-0.3, -0.25) is 0 Å². The van der Waals surface area contributed by atoms with Crippen molar-refractivity contribution in [3.63, 3.8) is 0 Å². The number of halogens is 5. The van der Waals surface area contributed by atoms with Crippen molar-refractivity contribution in [3.05, 3.63) is 66.6 Å². The van der Waals surface area contributed by atoms with E-state index < -0.39 is 28.7 Å². The minimum atomic E-state index is -5.14. The molecule has 0 fully saturated rings. The maximum Gasteiger partial charge on any atom is 0.427 e. The van der Waals surface area contributed by atoms with Crippen LogP contribution in [-0.2, 0) is 5.60 Å². The molecule has 2 aromatic heterocycles. The molecule has 4 nitrogen and oxygen atoms in total. The van der Waals surface area contributed by atoms with Gasteiger partial charge < -0.3 is 14.5 Å². The second-order valence-corrected chi connectivity index (χ2v) is 7.29. The van der Waals surface area contributed by atoms with Gasteiger partial charge in [0, 0.05) is 15.6 Å². The van der Waals surface area contributed by atoms with Crippen LogP contribution in [0.2, 0.25) is 0 Å². The number of benzene rings is 1. The normalized spacial score (nSPS) is 14.7. The second kappa shape index (κ2) is 6.00. The van der Waals surface area contributed by atoms with Gasteiger partial charge in [-0.25, -0.2) is 4.79 Å². The Labute approximate surface area is 155 Å². The van der Waals surface area contributed by atoms with E-state index in [1.54, 1.807) is 6.07 Å². The molecule has 25 heavy (non-hydrogen) atoms. The number of fused-ring (bicyclic) bond motifs is 1. The lowest BCUT2D eigenvalue weighted by molar-refractivity contribution is -0.250. The molecule has 1 atom stereocenters. The van der Waals surface area contributed by atoms with Gasteiger partial charge in [-0.15, -0.1) is 0 Å². The molecule has 0 spiro atoms. The fraction of sp³-hybridized carbons (Fsp3) is 0.188. The van der Waals surface area contributed by atoms with Crippen LogP contribution in [0.1, 0.15) is 17.0 Å². The molecule has 0 saturated heterocycles. The maximum absolute atomic E-state index is 13.8. The number of nitrogens with one attached hydrogen (secondary N) is 1. The van der Waals surface area contributed by atoms with Gasteiger partial charge in [-0.2, -0.15) is 13.2 Å². The Morgan fingerprint density at radius 1 is 1.16 bits per heavy atom. The van der Waals surface area contributed by atoms with E-state index >= 15 is 0 Å². The first-order valence-corrected chi connectivity index (χ1v) is 8.51. The van der Waals surface area contributed by atoms with Gasteiger partial charge in [0.15, 0.2) is 5.58 Å². The number of aryl methyl sites for hydroxylation is 1. The largest absolute Gasteiger partial charge is 0.427 e. The summed E-state index contributed by atoms with van der Waals surface area (Å²) in [6, 6.07) is 6.53. The van der Waals surface area contributed by atoms with E-state index in [4.69, 9.17) is 4.42 Å². The fourth-order valence-corrected chi connectivity index (χ4v) is 3.91. The fourth-order valence-electron chi connectivity index (χ4n) is 2.58. The van der Waals surface area contributed by atoms with E-state index in [2.05, 4.69) is 36.8 Å². The molecule has 0 amide bonds. The summed E-state index contributed by atoms with van der Waals surface area (Å²) in [5.74, 6) is 0. The minimum absolute atomic E-state index is 0.0872. The summed E-state index contributed by atoms with van der Waals surface area (Å²) >= 11 is 6.41. The van der Waals surface area contributed by atoms with Crippen molar-refractivity contribution >= 4 is 42.8 Å². The molecule has 0 aliphatic heterocycles. The summed E-state index contributed by atoms with van der Waals surface area (Å²) in [5, 5.41) is 10.8. The smallest absolute Gasteiger partial charge is 0.421 e. The molecule has 0 bridgehead atoms. The Kier molecular flexibility index (Phi) is 4.37. The number of aliphatic hydroxyl groups is 1. The van der Waals surface area contributed by atoms with E-state index in [1.807, 2.05) is 0 Å². The first kappa shape index (κ1) is 18.2. The van der Waals surface area contributed by atoms with Crippen molar-refractivity contribution in [2.24, 2.45) is 0 Å². The van der Waals surface area contributed by atoms with Gasteiger partial charge in [-0.05, 0) is 53.2 Å². The molecule has 1 aromatic carbocycles. The molecule has 0 saturated carbocycles. The molecule has 0 aliphatic carbocycles. The molecule has 2 N–H and O–H groups in total. The molecule has 3 rings (SSSR count). The Morgan fingerprint density at radius 2 is 1.84 bits per heavy atom. The van der Waals surface area contributed by atoms with E-state index in [0.717, 1.165) is 12.1 Å². The van der Waals surface area contributed by atoms with Crippen LogP contribution < -0.4 is 5.63 Å². The summed E-state index contributed by atoms with van der Waals surface area (Å²) in [7, 11) is 0. The lowest BCUT2D eigenvalue weighted by Gasteiger charge is -2.29. The number of H-pyrrole nitrogens is 1. The van der Waals surface area contributed by atoms with Crippen LogP contribution in [-0.4, -0.2) is 16.3 Å². The van der Waals surface area contributed by atoms with E-state index in [-0.39, 0.29) is 11.0 Å². The summed E-state index contributed by atoms with van der Waals surface area (Å²) in [5.41, 5.74) is -5.78. The van der Waals surface area contributed by atoms with Crippen molar-refractivity contribution in [2.75, 3.05) is 0 Å². The third kappa shape index (κ3) is 2.94. The number of aromatic amines is 1. The highest BCUT2D eigenvalue weighted by Gasteiger charge is 2.59. The zero-order valence-electron chi connectivity index (χ0n) is 12.5. The molecular formula is C16H10Br2F3NO3. The summed E-state index contributed by atoms with van der Waals surface area (Å²) in [4.78, 5) is 14.7. The lowest BCUT2D eigenvalue weighted by atomic mass is 9.90. The van der Waals surface area contributed by atoms with Crippen LogP contribution in [0.5, 0.6) is 0 Å². The van der Waals surface area contributed by atoms with Crippen molar-refractivity contribution in [2.45, 2.75) is 18.7 Å². The summed E-state index contributed by atoms with van der Waals surface area (Å²) < 4.78 is 47.3. The van der Waals surface area contributed by atoms with E-state index in [0.29, 0.717) is 14.6 Å². The van der Waals surface area contributed by atoms with E-state index in [1.165, 1.54) is 19.1 Å². The zero-order valence-corrected chi connectivity index (χ0v) is 15.7. The molecule has 9 heteroatoms. The van der Waals surface area contributed by atoms with Crippen molar-refractivity contribution < 1.29 is 22.7 Å². The van der Waals surface area contributed by atoms with Gasteiger partial charge in [0.1, 0.15) is 0 Å². The number of hydrogen-bond donors (Lipinski definition) is 2. The molecule has 132 valence electrons. The number of rotatable bonds is 2. The number of aromatic nitrogens is 1. The Balaban J connectivity index is 2.38. The molecule has 0 aliphatic rings. The van der Waals surface area contributed by atoms with Gasteiger partial charge >= 0.3 is 11.8 Å². The summed E-state index contributed by atoms with van der Waals surface area (Å²) in [6.45, 7) is 1.54.